The molecule has 1 atom stereocenters. The number of aromatic amines is 1. The molecule has 10 nitrogen and oxygen atoms in total. The zero-order chi connectivity index (χ0) is 21.7. The molecule has 3 N–H and O–H groups in total. The molecule has 10 heteroatoms. The summed E-state index contributed by atoms with van der Waals surface area (Å²) in [6.45, 7) is 0. The number of ether oxygens (including phenoxy) is 4. The van der Waals surface area contributed by atoms with Crippen molar-refractivity contribution < 1.29 is 38.7 Å². The number of H-pyrrole nitrogens is 1. The molecule has 0 aliphatic heterocycles. The molecule has 0 amide bonds. The van der Waals surface area contributed by atoms with Crippen molar-refractivity contribution in [3.8, 4) is 23.0 Å². The molecule has 0 fully saturated rings. The zero-order valence-corrected chi connectivity index (χ0v) is 16.3. The van der Waals surface area contributed by atoms with Crippen molar-refractivity contribution in [2.24, 2.45) is 0 Å². The molecule has 0 saturated carbocycles. The Hall–Kier alpha value is -3.69. The number of phenolic OH excluding ortho intramolecular Hbond substituents is 1. The standard InChI is InChI=1S/C19H21NO9/c1-26-12-5-9(6-13(27-2)17(12)23)10(7-14(21)28-3)15-16(22)11(19(25)29-4)8-20-18(15)24/h5-6,8,10,23H,7H2,1-4H3,(H2,20,22,24). The highest BCUT2D eigenvalue weighted by molar-refractivity contribution is 5.92. The van der Waals surface area contributed by atoms with Crippen molar-refractivity contribution in [2.75, 3.05) is 28.4 Å². The van der Waals surface area contributed by atoms with E-state index in [2.05, 4.69) is 9.72 Å². The number of aromatic hydroxyl groups is 2. The van der Waals surface area contributed by atoms with Gasteiger partial charge in [-0.15, -0.1) is 0 Å². The molecule has 29 heavy (non-hydrogen) atoms. The van der Waals surface area contributed by atoms with Crippen molar-refractivity contribution in [1.82, 2.24) is 4.98 Å². The first-order chi connectivity index (χ1) is 13.8. The van der Waals surface area contributed by atoms with E-state index in [9.17, 15) is 24.6 Å². The summed E-state index contributed by atoms with van der Waals surface area (Å²) in [7, 11) is 4.92. The average Bonchev–Trinajstić information content (AvgIpc) is 2.72. The van der Waals surface area contributed by atoms with Gasteiger partial charge in [0.2, 0.25) is 5.75 Å². The van der Waals surface area contributed by atoms with Crippen molar-refractivity contribution in [1.29, 1.82) is 0 Å². The van der Waals surface area contributed by atoms with Crippen LogP contribution in [0.5, 0.6) is 23.0 Å². The molecule has 0 radical (unpaired) electrons. The minimum absolute atomic E-state index is 0.0225. The van der Waals surface area contributed by atoms with Crippen LogP contribution >= 0.6 is 0 Å². The van der Waals surface area contributed by atoms with E-state index in [-0.39, 0.29) is 34.8 Å². The van der Waals surface area contributed by atoms with Gasteiger partial charge in [0.05, 0.1) is 40.4 Å². The first-order valence-corrected chi connectivity index (χ1v) is 8.33. The highest BCUT2D eigenvalue weighted by atomic mass is 16.5. The van der Waals surface area contributed by atoms with Gasteiger partial charge in [-0.05, 0) is 17.7 Å². The van der Waals surface area contributed by atoms with Crippen LogP contribution in [-0.4, -0.2) is 55.6 Å². The Morgan fingerprint density at radius 3 is 2.07 bits per heavy atom. The molecule has 0 spiro atoms. The topological polar surface area (TPSA) is 144 Å². The highest BCUT2D eigenvalue weighted by Gasteiger charge is 2.29. The third kappa shape index (κ3) is 4.26. The van der Waals surface area contributed by atoms with Gasteiger partial charge in [0.1, 0.15) is 11.3 Å². The molecule has 1 unspecified atom stereocenters. The fourth-order valence-electron chi connectivity index (χ4n) is 2.88. The molecule has 0 saturated heterocycles. The maximum absolute atomic E-state index is 12.5. The van der Waals surface area contributed by atoms with Crippen LogP contribution in [0.1, 0.15) is 33.8 Å². The molecule has 1 aromatic carbocycles. The van der Waals surface area contributed by atoms with E-state index in [1.54, 1.807) is 0 Å². The van der Waals surface area contributed by atoms with E-state index in [0.29, 0.717) is 5.56 Å². The summed E-state index contributed by atoms with van der Waals surface area (Å²) in [5, 5.41) is 20.7. The summed E-state index contributed by atoms with van der Waals surface area (Å²) in [5.74, 6) is -3.48. The molecule has 0 aliphatic rings. The predicted molar refractivity (Wildman–Crippen MR) is 99.8 cm³/mol. The lowest BCUT2D eigenvalue weighted by Crippen LogP contribution is -2.22. The Labute approximate surface area is 165 Å². The van der Waals surface area contributed by atoms with Crippen LogP contribution in [0.4, 0.5) is 0 Å². The smallest absolute Gasteiger partial charge is 0.343 e. The second-order valence-corrected chi connectivity index (χ2v) is 5.89. The number of hydrogen-bond acceptors (Lipinski definition) is 9. The van der Waals surface area contributed by atoms with Gasteiger partial charge in [-0.1, -0.05) is 0 Å². The maximum atomic E-state index is 12.5. The summed E-state index contributed by atoms with van der Waals surface area (Å²) in [5.41, 5.74) is -0.970. The Kier molecular flexibility index (Phi) is 6.71. The number of carbonyl (C=O) groups is 2. The number of nitrogens with one attached hydrogen (secondary N) is 1. The molecule has 2 rings (SSSR count). The van der Waals surface area contributed by atoms with Crippen LogP contribution in [0.3, 0.4) is 0 Å². The maximum Gasteiger partial charge on any atom is 0.343 e. The molecule has 0 aliphatic carbocycles. The Morgan fingerprint density at radius 1 is 1.00 bits per heavy atom. The minimum Gasteiger partial charge on any atom is -0.506 e. The number of phenols is 1. The zero-order valence-electron chi connectivity index (χ0n) is 16.3. The average molecular weight is 407 g/mol. The number of rotatable bonds is 7. The van der Waals surface area contributed by atoms with Gasteiger partial charge >= 0.3 is 11.9 Å². The summed E-state index contributed by atoms with van der Waals surface area (Å²) in [6, 6.07) is 2.77. The summed E-state index contributed by atoms with van der Waals surface area (Å²) in [6.07, 6.45) is 0.662. The molecule has 2 aromatic rings. The lowest BCUT2D eigenvalue weighted by molar-refractivity contribution is -0.140. The van der Waals surface area contributed by atoms with Crippen molar-refractivity contribution in [3.63, 3.8) is 0 Å². The van der Waals surface area contributed by atoms with Gasteiger partial charge in [0.15, 0.2) is 11.5 Å². The van der Waals surface area contributed by atoms with Crippen LogP contribution in [0.15, 0.2) is 23.1 Å². The van der Waals surface area contributed by atoms with Gasteiger partial charge in [-0.2, -0.15) is 0 Å². The molecular weight excluding hydrogens is 386 g/mol. The number of benzene rings is 1. The normalized spacial score (nSPS) is 11.4. The van der Waals surface area contributed by atoms with E-state index in [1.807, 2.05) is 0 Å². The quantitative estimate of drug-likeness (QED) is 0.578. The number of esters is 2. The van der Waals surface area contributed by atoms with Gasteiger partial charge in [0, 0.05) is 12.1 Å². The molecular formula is C19H21NO9. The van der Waals surface area contributed by atoms with Crippen LogP contribution in [0.2, 0.25) is 0 Å². The summed E-state index contributed by atoms with van der Waals surface area (Å²) >= 11 is 0. The monoisotopic (exact) mass is 407 g/mol. The number of pyridine rings is 1. The summed E-state index contributed by atoms with van der Waals surface area (Å²) < 4.78 is 19.5. The van der Waals surface area contributed by atoms with Gasteiger partial charge in [-0.25, -0.2) is 4.79 Å². The number of aromatic nitrogens is 1. The van der Waals surface area contributed by atoms with E-state index in [0.717, 1.165) is 13.3 Å². The van der Waals surface area contributed by atoms with Crippen LogP contribution in [-0.2, 0) is 14.3 Å². The largest absolute Gasteiger partial charge is 0.506 e. The summed E-state index contributed by atoms with van der Waals surface area (Å²) in [4.78, 5) is 38.8. The number of methoxy groups -OCH3 is 4. The van der Waals surface area contributed by atoms with Crippen LogP contribution < -0.4 is 15.0 Å². The van der Waals surface area contributed by atoms with Crippen molar-refractivity contribution in [3.05, 3.63) is 45.4 Å². The highest BCUT2D eigenvalue weighted by Crippen LogP contribution is 2.42. The molecule has 1 heterocycles. The van der Waals surface area contributed by atoms with Crippen molar-refractivity contribution in [2.45, 2.75) is 12.3 Å². The molecule has 0 bridgehead atoms. The second-order valence-electron chi connectivity index (χ2n) is 5.89. The van der Waals surface area contributed by atoms with Gasteiger partial charge < -0.3 is 34.1 Å². The predicted octanol–water partition coefficient (Wildman–Crippen LogP) is 1.28. The van der Waals surface area contributed by atoms with Crippen LogP contribution in [0, 0.1) is 0 Å². The first kappa shape index (κ1) is 21.6. The Balaban J connectivity index is 2.79. The third-order valence-corrected chi connectivity index (χ3v) is 4.36. The first-order valence-electron chi connectivity index (χ1n) is 8.33. The fraction of sp³-hybridized carbons (Fsp3) is 0.316. The minimum atomic E-state index is -1.06. The van der Waals surface area contributed by atoms with Gasteiger partial charge in [0.25, 0.3) is 5.56 Å². The lowest BCUT2D eigenvalue weighted by atomic mass is 9.87. The Morgan fingerprint density at radius 2 is 1.59 bits per heavy atom. The Bertz CT molecular complexity index is 955. The van der Waals surface area contributed by atoms with E-state index < -0.39 is 29.2 Å². The fourth-order valence-corrected chi connectivity index (χ4v) is 2.88. The van der Waals surface area contributed by atoms with Crippen LogP contribution in [0.25, 0.3) is 0 Å². The van der Waals surface area contributed by atoms with E-state index in [1.165, 1.54) is 33.5 Å². The third-order valence-electron chi connectivity index (χ3n) is 4.36. The molecule has 1 aromatic heterocycles. The number of carbonyl (C=O) groups excluding carboxylic acids is 2. The van der Waals surface area contributed by atoms with E-state index >= 15 is 0 Å². The number of hydrogen-bond donors (Lipinski definition) is 3. The van der Waals surface area contributed by atoms with E-state index in [4.69, 9.17) is 14.2 Å². The van der Waals surface area contributed by atoms with Gasteiger partial charge in [-0.3, -0.25) is 9.59 Å². The molecule has 156 valence electrons. The second kappa shape index (κ2) is 9.00. The lowest BCUT2D eigenvalue weighted by Gasteiger charge is -2.20. The SMILES string of the molecule is COC(=O)CC(c1cc(OC)c(O)c(OC)c1)c1c(O)c(C(=O)OC)c[nH]c1=O. The van der Waals surface area contributed by atoms with Crippen molar-refractivity contribution >= 4 is 11.9 Å².